The van der Waals surface area contributed by atoms with Crippen molar-refractivity contribution in [2.24, 2.45) is 10.9 Å². The Hall–Kier alpha value is -0.860. The molecule has 0 unspecified atom stereocenters. The second-order valence-corrected chi connectivity index (χ2v) is 7.78. The summed E-state index contributed by atoms with van der Waals surface area (Å²) in [6, 6.07) is -0.0291. The SMILES string of the molecule is NC(CN(C1CCCC1)S(=O)(=O)N1CCCCCC1)=NO. The molecule has 0 aromatic carbocycles. The largest absolute Gasteiger partial charge is 0.409 e. The van der Waals surface area contributed by atoms with Crippen LogP contribution in [0.5, 0.6) is 0 Å². The van der Waals surface area contributed by atoms with E-state index >= 15 is 0 Å². The normalized spacial score (nSPS) is 23.6. The first kappa shape index (κ1) is 16.5. The predicted molar refractivity (Wildman–Crippen MR) is 81.3 cm³/mol. The predicted octanol–water partition coefficient (Wildman–Crippen LogP) is 1.10. The van der Waals surface area contributed by atoms with E-state index in [2.05, 4.69) is 5.16 Å². The van der Waals surface area contributed by atoms with E-state index in [9.17, 15) is 8.42 Å². The summed E-state index contributed by atoms with van der Waals surface area (Å²) in [5.41, 5.74) is 5.57. The molecule has 0 radical (unpaired) electrons. The molecule has 122 valence electrons. The quantitative estimate of drug-likeness (QED) is 0.343. The summed E-state index contributed by atoms with van der Waals surface area (Å²) in [6.07, 6.45) is 7.74. The molecule has 2 fully saturated rings. The van der Waals surface area contributed by atoms with Crippen molar-refractivity contribution in [3.63, 3.8) is 0 Å². The average Bonchev–Trinajstić information content (AvgIpc) is 2.84. The van der Waals surface area contributed by atoms with Gasteiger partial charge < -0.3 is 10.9 Å². The van der Waals surface area contributed by atoms with Gasteiger partial charge in [-0.25, -0.2) is 0 Å². The standard InChI is InChI=1S/C13H26N4O3S/c14-13(15-18)11-17(12-7-3-4-8-12)21(19,20)16-9-5-1-2-6-10-16/h12,18H,1-11H2,(H2,14,15). The lowest BCUT2D eigenvalue weighted by Crippen LogP contribution is -2.51. The van der Waals surface area contributed by atoms with Gasteiger partial charge in [0, 0.05) is 19.1 Å². The van der Waals surface area contributed by atoms with Gasteiger partial charge in [-0.2, -0.15) is 17.0 Å². The zero-order valence-corrected chi connectivity index (χ0v) is 13.3. The van der Waals surface area contributed by atoms with Crippen LogP contribution in [0, 0.1) is 0 Å². The summed E-state index contributed by atoms with van der Waals surface area (Å²) in [6.45, 7) is 1.11. The fourth-order valence-electron chi connectivity index (χ4n) is 3.20. The minimum Gasteiger partial charge on any atom is -0.409 e. The van der Waals surface area contributed by atoms with Gasteiger partial charge >= 0.3 is 0 Å². The molecule has 7 nitrogen and oxygen atoms in total. The van der Waals surface area contributed by atoms with Crippen LogP contribution in [-0.2, 0) is 10.2 Å². The number of hydrogen-bond donors (Lipinski definition) is 2. The number of amidine groups is 1. The Balaban J connectivity index is 2.19. The average molecular weight is 318 g/mol. The Labute approximate surface area is 127 Å². The third-order valence-corrected chi connectivity index (χ3v) is 6.40. The van der Waals surface area contributed by atoms with E-state index < -0.39 is 10.2 Å². The van der Waals surface area contributed by atoms with Crippen LogP contribution in [0.15, 0.2) is 5.16 Å². The van der Waals surface area contributed by atoms with Crippen LogP contribution in [0.3, 0.4) is 0 Å². The Kier molecular flexibility index (Phi) is 5.83. The number of nitrogens with two attached hydrogens (primary N) is 1. The van der Waals surface area contributed by atoms with E-state index in [0.717, 1.165) is 51.4 Å². The summed E-state index contributed by atoms with van der Waals surface area (Å²) in [5, 5.41) is 11.7. The van der Waals surface area contributed by atoms with Crippen LogP contribution in [0.2, 0.25) is 0 Å². The zero-order chi connectivity index (χ0) is 15.3. The smallest absolute Gasteiger partial charge is 0.282 e. The molecule has 1 aliphatic carbocycles. The van der Waals surface area contributed by atoms with Gasteiger partial charge in [0.2, 0.25) is 0 Å². The summed E-state index contributed by atoms with van der Waals surface area (Å²) < 4.78 is 28.9. The molecule has 2 aliphatic rings. The fourth-order valence-corrected chi connectivity index (χ4v) is 5.10. The second-order valence-electron chi connectivity index (χ2n) is 5.90. The first-order valence-electron chi connectivity index (χ1n) is 7.79. The van der Waals surface area contributed by atoms with Crippen LogP contribution < -0.4 is 5.73 Å². The molecular weight excluding hydrogens is 292 g/mol. The number of nitrogens with zero attached hydrogens (tertiary/aromatic N) is 3. The molecule has 0 aromatic rings. The molecule has 2 rings (SSSR count). The monoisotopic (exact) mass is 318 g/mol. The highest BCUT2D eigenvalue weighted by Gasteiger charge is 2.36. The van der Waals surface area contributed by atoms with Crippen molar-refractivity contribution in [2.75, 3.05) is 19.6 Å². The van der Waals surface area contributed by atoms with E-state index in [1.165, 1.54) is 4.31 Å². The number of oxime groups is 1. The lowest BCUT2D eigenvalue weighted by Gasteiger charge is -2.32. The molecule has 1 saturated heterocycles. The highest BCUT2D eigenvalue weighted by Crippen LogP contribution is 2.27. The number of rotatable bonds is 5. The van der Waals surface area contributed by atoms with Crippen molar-refractivity contribution in [1.82, 2.24) is 8.61 Å². The van der Waals surface area contributed by atoms with Crippen LogP contribution in [0.1, 0.15) is 51.4 Å². The molecule has 8 heteroatoms. The van der Waals surface area contributed by atoms with Crippen molar-refractivity contribution in [1.29, 1.82) is 0 Å². The zero-order valence-electron chi connectivity index (χ0n) is 12.4. The van der Waals surface area contributed by atoms with Gasteiger partial charge in [0.1, 0.15) is 0 Å². The van der Waals surface area contributed by atoms with Crippen molar-refractivity contribution >= 4 is 16.0 Å². The van der Waals surface area contributed by atoms with Gasteiger partial charge in [0.15, 0.2) is 5.84 Å². The molecule has 0 spiro atoms. The molecule has 0 aromatic heterocycles. The van der Waals surface area contributed by atoms with E-state index in [1.807, 2.05) is 0 Å². The van der Waals surface area contributed by atoms with Gasteiger partial charge in [-0.05, 0) is 25.7 Å². The topological polar surface area (TPSA) is 99.2 Å². The minimum absolute atomic E-state index is 0.0278. The Bertz CT molecular complexity index is 452. The summed E-state index contributed by atoms with van der Waals surface area (Å²) in [4.78, 5) is 0. The highest BCUT2D eigenvalue weighted by molar-refractivity contribution is 7.86. The van der Waals surface area contributed by atoms with Crippen molar-refractivity contribution in [2.45, 2.75) is 57.4 Å². The third-order valence-electron chi connectivity index (χ3n) is 4.37. The lowest BCUT2D eigenvalue weighted by molar-refractivity contribution is 0.294. The summed E-state index contributed by atoms with van der Waals surface area (Å²) >= 11 is 0. The summed E-state index contributed by atoms with van der Waals surface area (Å²) in [5.74, 6) is -0.0553. The molecule has 0 atom stereocenters. The van der Waals surface area contributed by atoms with E-state index in [0.29, 0.717) is 13.1 Å². The Morgan fingerprint density at radius 1 is 1.14 bits per heavy atom. The van der Waals surface area contributed by atoms with Crippen LogP contribution in [-0.4, -0.2) is 53.7 Å². The maximum atomic E-state index is 12.9. The Morgan fingerprint density at radius 2 is 1.71 bits per heavy atom. The van der Waals surface area contributed by atoms with Gasteiger partial charge in [-0.3, -0.25) is 0 Å². The molecule has 21 heavy (non-hydrogen) atoms. The molecule has 3 N–H and O–H groups in total. The molecular formula is C13H26N4O3S. The van der Waals surface area contributed by atoms with Crippen molar-refractivity contribution in [3.05, 3.63) is 0 Å². The number of hydrogen-bond acceptors (Lipinski definition) is 4. The molecule has 1 aliphatic heterocycles. The molecule has 1 heterocycles. The van der Waals surface area contributed by atoms with E-state index in [-0.39, 0.29) is 18.4 Å². The van der Waals surface area contributed by atoms with Crippen LogP contribution in [0.4, 0.5) is 0 Å². The minimum atomic E-state index is -3.54. The van der Waals surface area contributed by atoms with Gasteiger partial charge in [0.25, 0.3) is 10.2 Å². The van der Waals surface area contributed by atoms with Crippen molar-refractivity contribution < 1.29 is 13.6 Å². The maximum Gasteiger partial charge on any atom is 0.282 e. The van der Waals surface area contributed by atoms with E-state index in [1.54, 1.807) is 4.31 Å². The van der Waals surface area contributed by atoms with Gasteiger partial charge in [-0.15, -0.1) is 0 Å². The molecule has 0 bridgehead atoms. The summed E-state index contributed by atoms with van der Waals surface area (Å²) in [7, 11) is -3.54. The third kappa shape index (κ3) is 4.08. The van der Waals surface area contributed by atoms with Gasteiger partial charge in [-0.1, -0.05) is 30.8 Å². The van der Waals surface area contributed by atoms with Gasteiger partial charge in [0.05, 0.1) is 6.54 Å². The van der Waals surface area contributed by atoms with Crippen LogP contribution >= 0.6 is 0 Å². The first-order chi connectivity index (χ1) is 10.1. The van der Waals surface area contributed by atoms with Crippen LogP contribution in [0.25, 0.3) is 0 Å². The fraction of sp³-hybridized carbons (Fsp3) is 0.923. The molecule has 1 saturated carbocycles. The lowest BCUT2D eigenvalue weighted by atomic mass is 10.2. The molecule has 0 amide bonds. The second kappa shape index (κ2) is 7.42. The Morgan fingerprint density at radius 3 is 2.24 bits per heavy atom. The highest BCUT2D eigenvalue weighted by atomic mass is 32.2. The van der Waals surface area contributed by atoms with E-state index in [4.69, 9.17) is 10.9 Å². The van der Waals surface area contributed by atoms with Crippen molar-refractivity contribution in [3.8, 4) is 0 Å². The maximum absolute atomic E-state index is 12.9. The first-order valence-corrected chi connectivity index (χ1v) is 9.18.